The summed E-state index contributed by atoms with van der Waals surface area (Å²) in [5.41, 5.74) is 1.19. The highest BCUT2D eigenvalue weighted by molar-refractivity contribution is 5.17. The third-order valence-electron chi connectivity index (χ3n) is 1.36. The lowest BCUT2D eigenvalue weighted by molar-refractivity contribution is 1.25. The van der Waals surface area contributed by atoms with Crippen molar-refractivity contribution in [1.29, 1.82) is 0 Å². The van der Waals surface area contributed by atoms with E-state index in [0.29, 0.717) is 0 Å². The standard InChI is InChI=1S/C9H9NO/c11-10-8-4-7-9-5-2-1-3-6-9/h1-6,8H,7H2. The highest BCUT2D eigenvalue weighted by Gasteiger charge is 1.84. The van der Waals surface area contributed by atoms with Crippen LogP contribution in [-0.4, -0.2) is 0 Å². The molecule has 0 saturated carbocycles. The smallest absolute Gasteiger partial charge is 0.0678 e. The number of rotatable bonds is 3. The van der Waals surface area contributed by atoms with Crippen LogP contribution < -0.4 is 0 Å². The minimum absolute atomic E-state index is 0.770. The summed E-state index contributed by atoms with van der Waals surface area (Å²) in [5.74, 6) is 0. The van der Waals surface area contributed by atoms with Gasteiger partial charge >= 0.3 is 0 Å². The molecule has 1 rings (SSSR count). The van der Waals surface area contributed by atoms with Gasteiger partial charge in [-0.25, -0.2) is 0 Å². The van der Waals surface area contributed by atoms with Crippen LogP contribution in [0.3, 0.4) is 0 Å². The van der Waals surface area contributed by atoms with Crippen molar-refractivity contribution in [1.82, 2.24) is 0 Å². The van der Waals surface area contributed by atoms with Crippen LogP contribution in [0.4, 0.5) is 0 Å². The van der Waals surface area contributed by atoms with Gasteiger partial charge in [0.2, 0.25) is 0 Å². The van der Waals surface area contributed by atoms with Gasteiger partial charge in [-0.15, -0.1) is 4.91 Å². The van der Waals surface area contributed by atoms with Crippen molar-refractivity contribution in [3.8, 4) is 0 Å². The van der Waals surface area contributed by atoms with Gasteiger partial charge in [-0.1, -0.05) is 36.4 Å². The van der Waals surface area contributed by atoms with Crippen molar-refractivity contribution >= 4 is 0 Å². The summed E-state index contributed by atoms with van der Waals surface area (Å²) in [6.07, 6.45) is 3.78. The SMILES string of the molecule is O=NC=CCc1ccccc1. The van der Waals surface area contributed by atoms with Gasteiger partial charge in [-0.05, 0) is 17.2 Å². The Morgan fingerprint density at radius 3 is 2.64 bits per heavy atom. The van der Waals surface area contributed by atoms with Crippen LogP contribution in [0.25, 0.3) is 0 Å². The number of benzene rings is 1. The summed E-state index contributed by atoms with van der Waals surface area (Å²) in [6.45, 7) is 0. The second-order valence-electron chi connectivity index (χ2n) is 2.18. The fourth-order valence-electron chi connectivity index (χ4n) is 0.846. The Morgan fingerprint density at radius 2 is 2.00 bits per heavy atom. The molecule has 1 aromatic carbocycles. The first kappa shape index (κ1) is 7.66. The zero-order valence-electron chi connectivity index (χ0n) is 6.10. The van der Waals surface area contributed by atoms with Gasteiger partial charge in [0.1, 0.15) is 0 Å². The maximum absolute atomic E-state index is 9.66. The average Bonchev–Trinajstić information content (AvgIpc) is 2.07. The molecule has 1 aromatic rings. The first-order valence-corrected chi connectivity index (χ1v) is 3.45. The van der Waals surface area contributed by atoms with Gasteiger partial charge in [0.15, 0.2) is 0 Å². The number of hydrogen-bond donors (Lipinski definition) is 0. The lowest BCUT2D eigenvalue weighted by Crippen LogP contribution is -1.76. The molecule has 0 fully saturated rings. The second kappa shape index (κ2) is 4.39. The molecule has 0 aliphatic heterocycles. The molecule has 2 nitrogen and oxygen atoms in total. The van der Waals surface area contributed by atoms with E-state index in [1.165, 1.54) is 11.8 Å². The van der Waals surface area contributed by atoms with Gasteiger partial charge in [0.05, 0.1) is 6.20 Å². The van der Waals surface area contributed by atoms with Crippen molar-refractivity contribution in [2.24, 2.45) is 5.18 Å². The Labute approximate surface area is 65.5 Å². The van der Waals surface area contributed by atoms with Crippen LogP contribution in [0.2, 0.25) is 0 Å². The van der Waals surface area contributed by atoms with Crippen LogP contribution in [-0.2, 0) is 6.42 Å². The summed E-state index contributed by atoms with van der Waals surface area (Å²) >= 11 is 0. The highest BCUT2D eigenvalue weighted by Crippen LogP contribution is 1.99. The molecule has 0 unspecified atom stereocenters. The van der Waals surface area contributed by atoms with Gasteiger partial charge in [0.25, 0.3) is 0 Å². The molecule has 0 aliphatic rings. The molecule has 0 heterocycles. The van der Waals surface area contributed by atoms with E-state index in [1.54, 1.807) is 6.08 Å². The fraction of sp³-hybridized carbons (Fsp3) is 0.111. The number of allylic oxidation sites excluding steroid dienone is 1. The lowest BCUT2D eigenvalue weighted by atomic mass is 10.1. The Morgan fingerprint density at radius 1 is 1.27 bits per heavy atom. The maximum atomic E-state index is 9.66. The predicted octanol–water partition coefficient (Wildman–Crippen LogP) is 2.51. The Bertz CT molecular complexity index is 241. The first-order valence-electron chi connectivity index (χ1n) is 3.45. The number of hydrogen-bond acceptors (Lipinski definition) is 2. The van der Waals surface area contributed by atoms with Crippen LogP contribution in [0.15, 0.2) is 47.8 Å². The van der Waals surface area contributed by atoms with Crippen LogP contribution >= 0.6 is 0 Å². The van der Waals surface area contributed by atoms with Gasteiger partial charge < -0.3 is 0 Å². The Kier molecular flexibility index (Phi) is 3.06. The molecule has 0 amide bonds. The van der Waals surface area contributed by atoms with Crippen LogP contribution in [0.5, 0.6) is 0 Å². The van der Waals surface area contributed by atoms with Gasteiger partial charge in [-0.3, -0.25) is 0 Å². The topological polar surface area (TPSA) is 29.4 Å². The van der Waals surface area contributed by atoms with Crippen molar-refractivity contribution in [3.63, 3.8) is 0 Å². The summed E-state index contributed by atoms with van der Waals surface area (Å²) in [7, 11) is 0. The highest BCUT2D eigenvalue weighted by atomic mass is 16.2. The van der Waals surface area contributed by atoms with E-state index in [9.17, 15) is 4.91 Å². The lowest BCUT2D eigenvalue weighted by Gasteiger charge is -1.91. The number of nitroso groups, excluding NO2 is 1. The molecule has 0 spiro atoms. The van der Waals surface area contributed by atoms with Crippen LogP contribution in [0.1, 0.15) is 5.56 Å². The minimum atomic E-state index is 0.770. The van der Waals surface area contributed by atoms with E-state index in [0.717, 1.165) is 6.42 Å². The molecule has 56 valence electrons. The molecule has 0 radical (unpaired) electrons. The monoisotopic (exact) mass is 147 g/mol. The number of nitrogens with zero attached hydrogens (tertiary/aromatic N) is 1. The Balaban J connectivity index is 2.51. The quantitative estimate of drug-likeness (QED) is 0.604. The predicted molar refractivity (Wildman–Crippen MR) is 45.1 cm³/mol. The normalized spacial score (nSPS) is 10.2. The maximum Gasteiger partial charge on any atom is 0.0678 e. The molecule has 0 bridgehead atoms. The third-order valence-corrected chi connectivity index (χ3v) is 1.36. The molecule has 0 atom stereocenters. The molecule has 2 heteroatoms. The molecule has 0 saturated heterocycles. The van der Waals surface area contributed by atoms with Crippen molar-refractivity contribution in [3.05, 3.63) is 53.1 Å². The summed E-state index contributed by atoms with van der Waals surface area (Å²) in [5, 5.41) is 2.62. The Hall–Kier alpha value is -1.44. The molecule has 0 aliphatic carbocycles. The van der Waals surface area contributed by atoms with Crippen molar-refractivity contribution in [2.75, 3.05) is 0 Å². The summed E-state index contributed by atoms with van der Waals surface area (Å²) in [4.78, 5) is 9.66. The first-order chi connectivity index (χ1) is 5.43. The molecule has 11 heavy (non-hydrogen) atoms. The van der Waals surface area contributed by atoms with E-state index in [1.807, 2.05) is 30.3 Å². The third kappa shape index (κ3) is 2.76. The van der Waals surface area contributed by atoms with Gasteiger partial charge in [0, 0.05) is 0 Å². The summed E-state index contributed by atoms with van der Waals surface area (Å²) < 4.78 is 0. The molecular weight excluding hydrogens is 138 g/mol. The van der Waals surface area contributed by atoms with Crippen molar-refractivity contribution < 1.29 is 0 Å². The summed E-state index contributed by atoms with van der Waals surface area (Å²) in [6, 6.07) is 9.92. The van der Waals surface area contributed by atoms with E-state index in [-0.39, 0.29) is 0 Å². The molecule has 0 aromatic heterocycles. The van der Waals surface area contributed by atoms with Crippen molar-refractivity contribution in [2.45, 2.75) is 6.42 Å². The zero-order valence-corrected chi connectivity index (χ0v) is 6.10. The second-order valence-corrected chi connectivity index (χ2v) is 2.18. The fourth-order valence-corrected chi connectivity index (χ4v) is 0.846. The minimum Gasteiger partial charge on any atom is -0.145 e. The largest absolute Gasteiger partial charge is 0.145 e. The van der Waals surface area contributed by atoms with Gasteiger partial charge in [-0.2, -0.15) is 0 Å². The average molecular weight is 147 g/mol. The van der Waals surface area contributed by atoms with E-state index in [2.05, 4.69) is 5.18 Å². The zero-order chi connectivity index (χ0) is 7.94. The van der Waals surface area contributed by atoms with E-state index >= 15 is 0 Å². The molecular formula is C9H9NO. The molecule has 0 N–H and O–H groups in total. The van der Waals surface area contributed by atoms with Crippen LogP contribution in [0, 0.1) is 4.91 Å². The van der Waals surface area contributed by atoms with E-state index < -0.39 is 0 Å². The van der Waals surface area contributed by atoms with E-state index in [4.69, 9.17) is 0 Å².